The maximum atomic E-state index is 10.7. The molecule has 0 aromatic heterocycles. The highest BCUT2D eigenvalue weighted by Crippen LogP contribution is 2.09. The molecule has 1 aromatic rings. The lowest BCUT2D eigenvalue weighted by Crippen LogP contribution is -2.18. The Morgan fingerprint density at radius 3 is 2.19 bits per heavy atom. The minimum Gasteiger partial charge on any atom is -0.352 e. The number of amides is 1. The molecule has 0 aliphatic heterocycles. The van der Waals surface area contributed by atoms with Gasteiger partial charge in [-0.3, -0.25) is 9.35 Å². The SMILES string of the molecule is CC(=O)NCc1ccc(S(=O)(=O)O)cc1.Cl. The van der Waals surface area contributed by atoms with E-state index in [-0.39, 0.29) is 23.2 Å². The van der Waals surface area contributed by atoms with Crippen molar-refractivity contribution in [3.05, 3.63) is 29.8 Å². The van der Waals surface area contributed by atoms with E-state index in [1.165, 1.54) is 31.2 Å². The lowest BCUT2D eigenvalue weighted by Gasteiger charge is -2.02. The van der Waals surface area contributed by atoms with Gasteiger partial charge in [0.1, 0.15) is 0 Å². The molecule has 1 amide bonds. The number of carbonyl (C=O) groups excluding carboxylic acids is 1. The van der Waals surface area contributed by atoms with Crippen LogP contribution in [0.1, 0.15) is 12.5 Å². The molecule has 0 heterocycles. The zero-order valence-electron chi connectivity index (χ0n) is 8.50. The first-order valence-corrected chi connectivity index (χ1v) is 5.64. The average Bonchev–Trinajstić information content (AvgIpc) is 2.14. The zero-order valence-corrected chi connectivity index (χ0v) is 10.1. The number of nitrogens with one attached hydrogen (secondary N) is 1. The van der Waals surface area contributed by atoms with E-state index in [0.29, 0.717) is 6.54 Å². The standard InChI is InChI=1S/C9H11NO4S.ClH/c1-7(11)10-6-8-2-4-9(5-3-8)15(12,13)14;/h2-5H,6H2,1H3,(H,10,11)(H,12,13,14);1H. The van der Waals surface area contributed by atoms with Gasteiger partial charge in [-0.25, -0.2) is 0 Å². The first kappa shape index (κ1) is 14.9. The van der Waals surface area contributed by atoms with E-state index in [1.807, 2.05) is 0 Å². The van der Waals surface area contributed by atoms with Crippen LogP contribution in [0.3, 0.4) is 0 Å². The van der Waals surface area contributed by atoms with Gasteiger partial charge in [-0.15, -0.1) is 12.4 Å². The Labute approximate surface area is 100 Å². The first-order valence-electron chi connectivity index (χ1n) is 4.20. The number of hydrogen-bond donors (Lipinski definition) is 2. The molecule has 0 aliphatic rings. The van der Waals surface area contributed by atoms with Crippen LogP contribution in [0.5, 0.6) is 0 Å². The fraction of sp³-hybridized carbons (Fsp3) is 0.222. The van der Waals surface area contributed by atoms with Crippen LogP contribution in [-0.4, -0.2) is 18.9 Å². The van der Waals surface area contributed by atoms with Crippen molar-refractivity contribution in [2.75, 3.05) is 0 Å². The van der Waals surface area contributed by atoms with E-state index in [4.69, 9.17) is 4.55 Å². The van der Waals surface area contributed by atoms with Gasteiger partial charge in [0.05, 0.1) is 4.90 Å². The van der Waals surface area contributed by atoms with Gasteiger partial charge >= 0.3 is 0 Å². The van der Waals surface area contributed by atoms with Crippen LogP contribution in [0, 0.1) is 0 Å². The fourth-order valence-electron chi connectivity index (χ4n) is 1.01. The summed E-state index contributed by atoms with van der Waals surface area (Å²) in [5.74, 6) is -0.158. The van der Waals surface area contributed by atoms with Gasteiger partial charge in [0.25, 0.3) is 10.1 Å². The Balaban J connectivity index is 0.00000225. The Kier molecular flexibility index (Phi) is 5.43. The van der Waals surface area contributed by atoms with E-state index in [2.05, 4.69) is 5.32 Å². The van der Waals surface area contributed by atoms with Crippen LogP contribution >= 0.6 is 12.4 Å². The lowest BCUT2D eigenvalue weighted by molar-refractivity contribution is -0.119. The quantitative estimate of drug-likeness (QED) is 0.799. The van der Waals surface area contributed by atoms with Gasteiger partial charge in [-0.05, 0) is 17.7 Å². The number of hydrogen-bond acceptors (Lipinski definition) is 3. The summed E-state index contributed by atoms with van der Waals surface area (Å²) < 4.78 is 30.1. The number of halogens is 1. The van der Waals surface area contributed by atoms with Crippen molar-refractivity contribution >= 4 is 28.4 Å². The molecule has 0 bridgehead atoms. The molecule has 7 heteroatoms. The molecular formula is C9H12ClNO4S. The van der Waals surface area contributed by atoms with Crippen molar-refractivity contribution < 1.29 is 17.8 Å². The van der Waals surface area contributed by atoms with Crippen LogP contribution in [-0.2, 0) is 21.5 Å². The Morgan fingerprint density at radius 2 is 1.81 bits per heavy atom. The largest absolute Gasteiger partial charge is 0.352 e. The van der Waals surface area contributed by atoms with Gasteiger partial charge in [0.2, 0.25) is 5.91 Å². The van der Waals surface area contributed by atoms with Crippen molar-refractivity contribution in [3.8, 4) is 0 Å². The second-order valence-corrected chi connectivity index (χ2v) is 4.45. The minimum atomic E-state index is -4.14. The molecule has 16 heavy (non-hydrogen) atoms. The summed E-state index contributed by atoms with van der Waals surface area (Å²) in [5, 5.41) is 2.57. The Morgan fingerprint density at radius 1 is 1.31 bits per heavy atom. The summed E-state index contributed by atoms with van der Waals surface area (Å²) in [6, 6.07) is 5.62. The number of benzene rings is 1. The summed E-state index contributed by atoms with van der Waals surface area (Å²) in [7, 11) is -4.14. The van der Waals surface area contributed by atoms with Crippen LogP contribution < -0.4 is 5.32 Å². The fourth-order valence-corrected chi connectivity index (χ4v) is 1.49. The number of rotatable bonds is 3. The maximum Gasteiger partial charge on any atom is 0.294 e. The molecule has 0 atom stereocenters. The molecule has 0 saturated heterocycles. The molecule has 0 spiro atoms. The van der Waals surface area contributed by atoms with Crippen molar-refractivity contribution in [3.63, 3.8) is 0 Å². The predicted molar refractivity (Wildman–Crippen MR) is 61.0 cm³/mol. The van der Waals surface area contributed by atoms with Crippen molar-refractivity contribution in [2.24, 2.45) is 0 Å². The normalized spacial score (nSPS) is 10.4. The minimum absolute atomic E-state index is 0. The van der Waals surface area contributed by atoms with Crippen molar-refractivity contribution in [1.29, 1.82) is 0 Å². The summed E-state index contributed by atoms with van der Waals surface area (Å²) >= 11 is 0. The second-order valence-electron chi connectivity index (χ2n) is 3.03. The van der Waals surface area contributed by atoms with Gasteiger partial charge < -0.3 is 5.32 Å². The molecule has 1 rings (SSSR count). The van der Waals surface area contributed by atoms with Crippen LogP contribution in [0.4, 0.5) is 0 Å². The van der Waals surface area contributed by atoms with Crippen LogP contribution in [0.15, 0.2) is 29.2 Å². The summed E-state index contributed by atoms with van der Waals surface area (Å²) in [6.07, 6.45) is 0. The van der Waals surface area contributed by atoms with E-state index in [9.17, 15) is 13.2 Å². The summed E-state index contributed by atoms with van der Waals surface area (Å²) in [6.45, 7) is 1.73. The van der Waals surface area contributed by atoms with Crippen LogP contribution in [0.2, 0.25) is 0 Å². The van der Waals surface area contributed by atoms with Gasteiger partial charge in [-0.2, -0.15) is 8.42 Å². The average molecular weight is 266 g/mol. The van der Waals surface area contributed by atoms with E-state index in [0.717, 1.165) is 5.56 Å². The zero-order chi connectivity index (χ0) is 11.5. The third-order valence-electron chi connectivity index (χ3n) is 1.76. The van der Waals surface area contributed by atoms with E-state index < -0.39 is 10.1 Å². The highest BCUT2D eigenvalue weighted by atomic mass is 35.5. The Hall–Kier alpha value is -1.11. The summed E-state index contributed by atoms with van der Waals surface area (Å²) in [5.41, 5.74) is 0.762. The van der Waals surface area contributed by atoms with E-state index in [1.54, 1.807) is 0 Å². The topological polar surface area (TPSA) is 83.5 Å². The smallest absolute Gasteiger partial charge is 0.294 e. The summed E-state index contributed by atoms with van der Waals surface area (Å²) in [4.78, 5) is 10.4. The predicted octanol–water partition coefficient (Wildman–Crippen LogP) is 0.991. The molecule has 1 aromatic carbocycles. The molecular weight excluding hydrogens is 254 g/mol. The third kappa shape index (κ3) is 4.61. The van der Waals surface area contributed by atoms with Gasteiger partial charge in [-0.1, -0.05) is 12.1 Å². The first-order chi connectivity index (χ1) is 6.89. The molecule has 0 unspecified atom stereocenters. The molecule has 0 saturated carbocycles. The second kappa shape index (κ2) is 5.83. The highest BCUT2D eigenvalue weighted by Gasteiger charge is 2.08. The lowest BCUT2D eigenvalue weighted by atomic mass is 10.2. The molecule has 90 valence electrons. The monoisotopic (exact) mass is 265 g/mol. The maximum absolute atomic E-state index is 10.7. The molecule has 0 fully saturated rings. The number of carbonyl (C=O) groups is 1. The van der Waals surface area contributed by atoms with Crippen LogP contribution in [0.25, 0.3) is 0 Å². The third-order valence-corrected chi connectivity index (χ3v) is 2.63. The highest BCUT2D eigenvalue weighted by molar-refractivity contribution is 7.85. The Bertz CT molecular complexity index is 455. The van der Waals surface area contributed by atoms with Gasteiger partial charge in [0, 0.05) is 13.5 Å². The molecule has 2 N–H and O–H groups in total. The molecule has 0 aliphatic carbocycles. The van der Waals surface area contributed by atoms with Gasteiger partial charge in [0.15, 0.2) is 0 Å². The molecule has 5 nitrogen and oxygen atoms in total. The van der Waals surface area contributed by atoms with Crippen molar-refractivity contribution in [2.45, 2.75) is 18.4 Å². The molecule has 0 radical (unpaired) electrons. The van der Waals surface area contributed by atoms with Crippen molar-refractivity contribution in [1.82, 2.24) is 5.32 Å². The van der Waals surface area contributed by atoms with E-state index >= 15 is 0 Å².